The summed E-state index contributed by atoms with van der Waals surface area (Å²) in [6.07, 6.45) is 6.47. The van der Waals surface area contributed by atoms with E-state index in [2.05, 4.69) is 9.97 Å². The van der Waals surface area contributed by atoms with Crippen LogP contribution in [0, 0.1) is 5.82 Å². The molecule has 0 atom stereocenters. The van der Waals surface area contributed by atoms with Gasteiger partial charge in [0.25, 0.3) is 0 Å². The summed E-state index contributed by atoms with van der Waals surface area (Å²) in [6.45, 7) is 2.90. The van der Waals surface area contributed by atoms with Gasteiger partial charge in [-0.3, -0.25) is 4.79 Å². The van der Waals surface area contributed by atoms with Crippen molar-refractivity contribution in [2.75, 3.05) is 37.9 Å². The van der Waals surface area contributed by atoms with Gasteiger partial charge >= 0.3 is 0 Å². The Balaban J connectivity index is 1.41. The fourth-order valence-electron chi connectivity index (χ4n) is 3.18. The van der Waals surface area contributed by atoms with Crippen molar-refractivity contribution in [2.24, 2.45) is 0 Å². The molecule has 1 saturated heterocycles. The van der Waals surface area contributed by atoms with E-state index in [1.807, 2.05) is 4.90 Å². The van der Waals surface area contributed by atoms with Crippen LogP contribution in [0.4, 0.5) is 10.3 Å². The summed E-state index contributed by atoms with van der Waals surface area (Å²) < 4.78 is 24.4. The van der Waals surface area contributed by atoms with Gasteiger partial charge in [0.15, 0.2) is 6.79 Å². The van der Waals surface area contributed by atoms with Crippen LogP contribution in [0.2, 0.25) is 0 Å². The third-order valence-corrected chi connectivity index (χ3v) is 4.54. The van der Waals surface area contributed by atoms with Crippen LogP contribution in [-0.4, -0.2) is 53.7 Å². The van der Waals surface area contributed by atoms with E-state index in [1.165, 1.54) is 18.2 Å². The highest BCUT2D eigenvalue weighted by Gasteiger charge is 2.21. The maximum absolute atomic E-state index is 13.8. The van der Waals surface area contributed by atoms with E-state index in [-0.39, 0.29) is 18.5 Å². The minimum atomic E-state index is -0.383. The molecule has 1 aromatic carbocycles. The summed E-state index contributed by atoms with van der Waals surface area (Å²) in [5.41, 5.74) is 1.18. The van der Waals surface area contributed by atoms with Gasteiger partial charge in [0.2, 0.25) is 11.9 Å². The fraction of sp³-hybridized carbons (Fsp3) is 0.316. The zero-order valence-corrected chi connectivity index (χ0v) is 14.7. The van der Waals surface area contributed by atoms with Crippen LogP contribution in [0.15, 0.2) is 36.7 Å². The topological polar surface area (TPSA) is 67.8 Å². The first-order chi connectivity index (χ1) is 13.2. The van der Waals surface area contributed by atoms with Crippen molar-refractivity contribution >= 4 is 17.9 Å². The molecule has 0 saturated carbocycles. The predicted molar refractivity (Wildman–Crippen MR) is 96.5 cm³/mol. The molecule has 0 radical (unpaired) electrons. The van der Waals surface area contributed by atoms with Crippen molar-refractivity contribution in [1.82, 2.24) is 14.9 Å². The van der Waals surface area contributed by atoms with Crippen LogP contribution < -0.4 is 9.64 Å². The van der Waals surface area contributed by atoms with E-state index >= 15 is 0 Å². The first-order valence-electron chi connectivity index (χ1n) is 8.72. The Labute approximate surface area is 156 Å². The lowest BCUT2D eigenvalue weighted by Crippen LogP contribution is -2.48. The van der Waals surface area contributed by atoms with Crippen LogP contribution in [-0.2, 0) is 16.1 Å². The number of ether oxygens (including phenoxy) is 2. The van der Waals surface area contributed by atoms with Crippen LogP contribution in [0.25, 0.3) is 6.08 Å². The quantitative estimate of drug-likeness (QED) is 0.768. The Morgan fingerprint density at radius 3 is 2.70 bits per heavy atom. The average molecular weight is 370 g/mol. The normalized spacial score (nSPS) is 16.9. The first-order valence-corrected chi connectivity index (χ1v) is 8.72. The Morgan fingerprint density at radius 1 is 1.15 bits per heavy atom. The van der Waals surface area contributed by atoms with E-state index < -0.39 is 0 Å². The molecule has 1 aromatic heterocycles. The van der Waals surface area contributed by atoms with Gasteiger partial charge < -0.3 is 19.3 Å². The highest BCUT2D eigenvalue weighted by Crippen LogP contribution is 2.30. The second-order valence-electron chi connectivity index (χ2n) is 6.29. The minimum absolute atomic E-state index is 0.117. The number of nitrogens with zero attached hydrogens (tertiary/aromatic N) is 4. The maximum atomic E-state index is 13.8. The molecule has 140 valence electrons. The molecule has 27 heavy (non-hydrogen) atoms. The highest BCUT2D eigenvalue weighted by molar-refractivity contribution is 5.92. The third-order valence-electron chi connectivity index (χ3n) is 4.54. The molecule has 7 nitrogen and oxygen atoms in total. The maximum Gasteiger partial charge on any atom is 0.246 e. The Morgan fingerprint density at radius 2 is 1.93 bits per heavy atom. The molecule has 0 unspecified atom stereocenters. The van der Waals surface area contributed by atoms with Crippen molar-refractivity contribution in [3.05, 3.63) is 53.6 Å². The van der Waals surface area contributed by atoms with E-state index in [1.54, 1.807) is 29.4 Å². The Bertz CT molecular complexity index is 852. The van der Waals surface area contributed by atoms with Crippen LogP contribution in [0.3, 0.4) is 0 Å². The number of anilines is 1. The number of rotatable bonds is 3. The van der Waals surface area contributed by atoms with Gasteiger partial charge in [0.05, 0.1) is 6.61 Å². The van der Waals surface area contributed by atoms with Gasteiger partial charge in [-0.25, -0.2) is 14.4 Å². The molecule has 0 bridgehead atoms. The van der Waals surface area contributed by atoms with Crippen LogP contribution in [0.5, 0.6) is 5.75 Å². The monoisotopic (exact) mass is 370 g/mol. The predicted octanol–water partition coefficient (Wildman–Crippen LogP) is 1.84. The highest BCUT2D eigenvalue weighted by atomic mass is 19.1. The number of carbonyl (C=O) groups excluding carboxylic acids is 1. The second kappa shape index (κ2) is 7.71. The van der Waals surface area contributed by atoms with Crippen molar-refractivity contribution in [2.45, 2.75) is 6.61 Å². The third kappa shape index (κ3) is 3.90. The molecule has 2 aliphatic heterocycles. The molecule has 0 aliphatic carbocycles. The van der Waals surface area contributed by atoms with Crippen LogP contribution >= 0.6 is 0 Å². The SMILES string of the molecule is O=C(/C=C/c1cc(F)cc2c1OCOC2)N1CCN(c2ncccn2)CC1. The van der Waals surface area contributed by atoms with E-state index in [0.717, 1.165) is 0 Å². The average Bonchev–Trinajstić information content (AvgIpc) is 2.72. The summed E-state index contributed by atoms with van der Waals surface area (Å²) in [5, 5.41) is 0. The van der Waals surface area contributed by atoms with Gasteiger partial charge in [0.1, 0.15) is 11.6 Å². The van der Waals surface area contributed by atoms with Crippen molar-refractivity contribution < 1.29 is 18.7 Å². The molecular weight excluding hydrogens is 351 g/mol. The lowest BCUT2D eigenvalue weighted by molar-refractivity contribution is -0.126. The number of hydrogen-bond acceptors (Lipinski definition) is 6. The van der Waals surface area contributed by atoms with E-state index in [4.69, 9.17) is 9.47 Å². The molecular formula is C19H19FN4O3. The molecule has 2 aromatic rings. The number of benzene rings is 1. The largest absolute Gasteiger partial charge is 0.467 e. The molecule has 1 amide bonds. The molecule has 0 N–H and O–H groups in total. The van der Waals surface area contributed by atoms with Crippen LogP contribution in [0.1, 0.15) is 11.1 Å². The lowest BCUT2D eigenvalue weighted by atomic mass is 10.1. The molecule has 2 aliphatic rings. The van der Waals surface area contributed by atoms with Crippen molar-refractivity contribution in [1.29, 1.82) is 0 Å². The van der Waals surface area contributed by atoms with Gasteiger partial charge in [-0.05, 0) is 24.3 Å². The van der Waals surface area contributed by atoms with Gasteiger partial charge in [-0.2, -0.15) is 0 Å². The second-order valence-corrected chi connectivity index (χ2v) is 6.29. The van der Waals surface area contributed by atoms with Crippen molar-refractivity contribution in [3.63, 3.8) is 0 Å². The number of carbonyl (C=O) groups is 1. The molecule has 8 heteroatoms. The molecule has 0 spiro atoms. The minimum Gasteiger partial charge on any atom is -0.467 e. The number of aromatic nitrogens is 2. The summed E-state index contributed by atoms with van der Waals surface area (Å²) >= 11 is 0. The number of hydrogen-bond donors (Lipinski definition) is 0. The number of fused-ring (bicyclic) bond motifs is 1. The van der Waals surface area contributed by atoms with Gasteiger partial charge in [0, 0.05) is 55.8 Å². The number of amides is 1. The molecule has 4 rings (SSSR count). The van der Waals surface area contributed by atoms with Gasteiger partial charge in [-0.15, -0.1) is 0 Å². The standard InChI is InChI=1S/C19H19FN4O3/c20-16-10-14(18-15(11-16)12-26-13-27-18)2-3-17(25)23-6-8-24(9-7-23)19-21-4-1-5-22-19/h1-5,10-11H,6-9,12-13H2/b3-2+. The Kier molecular flexibility index (Phi) is 4.97. The molecule has 3 heterocycles. The zero-order chi connectivity index (χ0) is 18.6. The van der Waals surface area contributed by atoms with E-state index in [0.29, 0.717) is 55.6 Å². The van der Waals surface area contributed by atoms with Gasteiger partial charge in [-0.1, -0.05) is 0 Å². The lowest BCUT2D eigenvalue weighted by Gasteiger charge is -2.34. The number of halogens is 1. The summed E-state index contributed by atoms with van der Waals surface area (Å²) in [5.74, 6) is 0.740. The van der Waals surface area contributed by atoms with E-state index in [9.17, 15) is 9.18 Å². The summed E-state index contributed by atoms with van der Waals surface area (Å²) in [4.78, 5) is 24.8. The Hall–Kier alpha value is -3.00. The fourth-order valence-corrected chi connectivity index (χ4v) is 3.18. The van der Waals surface area contributed by atoms with Crippen molar-refractivity contribution in [3.8, 4) is 5.75 Å². The summed E-state index contributed by atoms with van der Waals surface area (Å²) in [7, 11) is 0. The smallest absolute Gasteiger partial charge is 0.246 e. The number of piperazine rings is 1. The summed E-state index contributed by atoms with van der Waals surface area (Å²) in [6, 6.07) is 4.52. The molecule has 1 fully saturated rings. The zero-order valence-electron chi connectivity index (χ0n) is 14.7. The first kappa shape index (κ1) is 17.4.